The Labute approximate surface area is 116 Å². The summed E-state index contributed by atoms with van der Waals surface area (Å²) < 4.78 is 2.28. The molecular formula is C13H16ClN3S. The monoisotopic (exact) mass is 281 g/mol. The minimum atomic E-state index is 0.265. The third kappa shape index (κ3) is 2.08. The molecule has 0 radical (unpaired) electrons. The maximum Gasteiger partial charge on any atom is 0.116 e. The first-order valence-corrected chi connectivity index (χ1v) is 7.76. The normalized spacial score (nSPS) is 16.6. The number of aryl methyl sites for hydroxylation is 1. The van der Waals surface area contributed by atoms with Gasteiger partial charge in [-0.2, -0.15) is 0 Å². The van der Waals surface area contributed by atoms with Gasteiger partial charge in [-0.05, 0) is 32.6 Å². The second-order valence-electron chi connectivity index (χ2n) is 4.74. The number of halogens is 1. The Morgan fingerprint density at radius 2 is 2.28 bits per heavy atom. The SMILES string of the molecule is CC(c1nc(CCl)cs1)n1cnc2c1CCCC2. The smallest absolute Gasteiger partial charge is 0.116 e. The number of hydrogen-bond donors (Lipinski definition) is 0. The number of thiazole rings is 1. The van der Waals surface area contributed by atoms with Gasteiger partial charge in [0.2, 0.25) is 0 Å². The summed E-state index contributed by atoms with van der Waals surface area (Å²) in [7, 11) is 0. The Hall–Kier alpha value is -0.870. The van der Waals surface area contributed by atoms with Gasteiger partial charge in [0.15, 0.2) is 0 Å². The first-order valence-electron chi connectivity index (χ1n) is 6.34. The average Bonchev–Trinajstić information content (AvgIpc) is 3.04. The predicted octanol–water partition coefficient (Wildman–Crippen LogP) is 3.57. The molecule has 2 aromatic rings. The van der Waals surface area contributed by atoms with Crippen LogP contribution in [0.15, 0.2) is 11.7 Å². The Morgan fingerprint density at radius 1 is 1.44 bits per heavy atom. The number of hydrogen-bond acceptors (Lipinski definition) is 3. The lowest BCUT2D eigenvalue weighted by Gasteiger charge is -2.17. The van der Waals surface area contributed by atoms with Crippen LogP contribution >= 0.6 is 22.9 Å². The molecule has 1 atom stereocenters. The van der Waals surface area contributed by atoms with Crippen LogP contribution in [-0.2, 0) is 18.7 Å². The lowest BCUT2D eigenvalue weighted by molar-refractivity contribution is 0.569. The van der Waals surface area contributed by atoms with Crippen molar-refractivity contribution < 1.29 is 0 Å². The van der Waals surface area contributed by atoms with E-state index in [2.05, 4.69) is 21.5 Å². The molecule has 2 heterocycles. The molecule has 1 aliphatic rings. The predicted molar refractivity (Wildman–Crippen MR) is 74.4 cm³/mol. The van der Waals surface area contributed by atoms with Crippen molar-refractivity contribution in [2.24, 2.45) is 0 Å². The van der Waals surface area contributed by atoms with E-state index in [9.17, 15) is 0 Å². The highest BCUT2D eigenvalue weighted by Gasteiger charge is 2.20. The van der Waals surface area contributed by atoms with Gasteiger partial charge in [0.05, 0.1) is 29.6 Å². The van der Waals surface area contributed by atoms with Crippen molar-refractivity contribution in [3.8, 4) is 0 Å². The van der Waals surface area contributed by atoms with Crippen molar-refractivity contribution in [2.75, 3.05) is 0 Å². The van der Waals surface area contributed by atoms with E-state index >= 15 is 0 Å². The van der Waals surface area contributed by atoms with E-state index in [1.807, 2.05) is 11.7 Å². The van der Waals surface area contributed by atoms with Crippen LogP contribution in [0.1, 0.15) is 47.9 Å². The third-order valence-electron chi connectivity index (χ3n) is 3.54. The summed E-state index contributed by atoms with van der Waals surface area (Å²) in [6, 6.07) is 0.265. The zero-order chi connectivity index (χ0) is 12.5. The molecular weight excluding hydrogens is 266 g/mol. The van der Waals surface area contributed by atoms with Crippen LogP contribution < -0.4 is 0 Å². The summed E-state index contributed by atoms with van der Waals surface area (Å²) in [5, 5.41) is 3.17. The van der Waals surface area contributed by atoms with E-state index in [4.69, 9.17) is 11.6 Å². The lowest BCUT2D eigenvalue weighted by Crippen LogP contribution is -2.12. The molecule has 0 saturated heterocycles. The van der Waals surface area contributed by atoms with Crippen LogP contribution in [0.4, 0.5) is 0 Å². The quantitative estimate of drug-likeness (QED) is 0.806. The van der Waals surface area contributed by atoms with Gasteiger partial charge in [-0.1, -0.05) is 0 Å². The molecule has 0 N–H and O–H groups in total. The van der Waals surface area contributed by atoms with Crippen molar-refractivity contribution in [1.82, 2.24) is 14.5 Å². The van der Waals surface area contributed by atoms with Crippen molar-refractivity contribution >= 4 is 22.9 Å². The summed E-state index contributed by atoms with van der Waals surface area (Å²) in [6.45, 7) is 2.19. The van der Waals surface area contributed by atoms with Crippen molar-refractivity contribution in [3.05, 3.63) is 33.8 Å². The first kappa shape index (κ1) is 12.2. The molecule has 0 saturated carbocycles. The fraction of sp³-hybridized carbons (Fsp3) is 0.538. The first-order chi connectivity index (χ1) is 8.79. The van der Waals surface area contributed by atoms with E-state index in [1.54, 1.807) is 11.3 Å². The molecule has 3 rings (SSSR count). The molecule has 18 heavy (non-hydrogen) atoms. The fourth-order valence-corrected chi connectivity index (χ4v) is 3.62. The molecule has 0 aliphatic heterocycles. The van der Waals surface area contributed by atoms with E-state index in [1.165, 1.54) is 24.2 Å². The number of imidazole rings is 1. The second-order valence-corrected chi connectivity index (χ2v) is 5.90. The van der Waals surface area contributed by atoms with Gasteiger partial charge in [-0.3, -0.25) is 0 Å². The standard InChI is InChI=1S/C13H16ClN3S/c1-9(13-16-10(6-14)7-18-13)17-8-15-11-4-2-3-5-12(11)17/h7-9H,2-6H2,1H3. The van der Waals surface area contributed by atoms with Crippen LogP contribution in [0, 0.1) is 0 Å². The topological polar surface area (TPSA) is 30.7 Å². The third-order valence-corrected chi connectivity index (χ3v) is 4.88. The molecule has 1 unspecified atom stereocenters. The molecule has 0 spiro atoms. The maximum absolute atomic E-state index is 5.81. The molecule has 96 valence electrons. The van der Waals surface area contributed by atoms with Crippen LogP contribution in [0.5, 0.6) is 0 Å². The van der Waals surface area contributed by atoms with Gasteiger partial charge in [0.1, 0.15) is 5.01 Å². The molecule has 0 aromatic carbocycles. The summed E-state index contributed by atoms with van der Waals surface area (Å²) in [4.78, 5) is 9.12. The van der Waals surface area contributed by atoms with Gasteiger partial charge in [-0.15, -0.1) is 22.9 Å². The largest absolute Gasteiger partial charge is 0.325 e. The highest BCUT2D eigenvalue weighted by atomic mass is 35.5. The van der Waals surface area contributed by atoms with Crippen LogP contribution in [0.25, 0.3) is 0 Å². The van der Waals surface area contributed by atoms with Crippen LogP contribution in [0.3, 0.4) is 0 Å². The number of fused-ring (bicyclic) bond motifs is 1. The van der Waals surface area contributed by atoms with Crippen molar-refractivity contribution in [1.29, 1.82) is 0 Å². The second kappa shape index (κ2) is 5.02. The zero-order valence-corrected chi connectivity index (χ0v) is 12.0. The minimum absolute atomic E-state index is 0.265. The van der Waals surface area contributed by atoms with Gasteiger partial charge >= 0.3 is 0 Å². The lowest BCUT2D eigenvalue weighted by atomic mass is 10.0. The van der Waals surface area contributed by atoms with Gasteiger partial charge < -0.3 is 4.57 Å². The summed E-state index contributed by atoms with van der Waals surface area (Å²) >= 11 is 7.50. The molecule has 3 nitrogen and oxygen atoms in total. The highest BCUT2D eigenvalue weighted by Crippen LogP contribution is 2.28. The molecule has 0 bridgehead atoms. The van der Waals surface area contributed by atoms with E-state index in [0.29, 0.717) is 5.88 Å². The van der Waals surface area contributed by atoms with Crippen LogP contribution in [-0.4, -0.2) is 14.5 Å². The highest BCUT2D eigenvalue weighted by molar-refractivity contribution is 7.09. The number of nitrogens with zero attached hydrogens (tertiary/aromatic N) is 3. The Balaban J connectivity index is 1.92. The molecule has 2 aromatic heterocycles. The fourth-order valence-electron chi connectivity index (χ4n) is 2.52. The summed E-state index contributed by atoms with van der Waals surface area (Å²) in [6.07, 6.45) is 6.79. The molecule has 0 amide bonds. The van der Waals surface area contributed by atoms with Gasteiger partial charge in [0, 0.05) is 11.1 Å². The Bertz CT molecular complexity index is 546. The molecule has 0 fully saturated rings. The minimum Gasteiger partial charge on any atom is -0.325 e. The molecule has 1 aliphatic carbocycles. The van der Waals surface area contributed by atoms with Crippen molar-refractivity contribution in [3.63, 3.8) is 0 Å². The summed E-state index contributed by atoms with van der Waals surface area (Å²) in [5.41, 5.74) is 3.65. The maximum atomic E-state index is 5.81. The van der Waals surface area contributed by atoms with Gasteiger partial charge in [0.25, 0.3) is 0 Å². The molecule has 5 heteroatoms. The Kier molecular flexibility index (Phi) is 3.39. The number of rotatable bonds is 3. The van der Waals surface area contributed by atoms with Crippen LogP contribution in [0.2, 0.25) is 0 Å². The number of aromatic nitrogens is 3. The van der Waals surface area contributed by atoms with Crippen molar-refractivity contribution in [2.45, 2.75) is 44.5 Å². The number of alkyl halides is 1. The van der Waals surface area contributed by atoms with E-state index in [0.717, 1.165) is 23.5 Å². The Morgan fingerprint density at radius 3 is 3.06 bits per heavy atom. The summed E-state index contributed by atoms with van der Waals surface area (Å²) in [5.74, 6) is 0.491. The van der Waals surface area contributed by atoms with Gasteiger partial charge in [-0.25, -0.2) is 9.97 Å². The van der Waals surface area contributed by atoms with E-state index < -0.39 is 0 Å². The average molecular weight is 282 g/mol. The van der Waals surface area contributed by atoms with E-state index in [-0.39, 0.29) is 6.04 Å². The zero-order valence-electron chi connectivity index (χ0n) is 10.4.